The van der Waals surface area contributed by atoms with Crippen LogP contribution in [0, 0.1) is 0 Å². The fourth-order valence-corrected chi connectivity index (χ4v) is 2.95. The number of rotatable bonds is 10. The van der Waals surface area contributed by atoms with Crippen LogP contribution in [0.2, 0.25) is 0 Å². The second kappa shape index (κ2) is 9.43. The Kier molecular flexibility index (Phi) is 6.73. The van der Waals surface area contributed by atoms with Crippen molar-refractivity contribution < 1.29 is 14.3 Å². The molecule has 2 aromatic heterocycles. The average molecular weight is 382 g/mol. The predicted molar refractivity (Wildman–Crippen MR) is 108 cm³/mol. The van der Waals surface area contributed by atoms with Crippen LogP contribution >= 0.6 is 0 Å². The van der Waals surface area contributed by atoms with Crippen LogP contribution in [-0.4, -0.2) is 41.1 Å². The lowest BCUT2D eigenvalue weighted by molar-refractivity contribution is -0.119. The number of nitrogens with zero attached hydrogens (tertiary/aromatic N) is 2. The molecule has 28 heavy (non-hydrogen) atoms. The predicted octanol–water partition coefficient (Wildman–Crippen LogP) is 3.41. The van der Waals surface area contributed by atoms with Crippen LogP contribution in [0.4, 0.5) is 0 Å². The standard InChI is InChI=1S/C21H26N4O3/c1-3-15(26)8-6-10-28-13-17(22)20-23-12-19(24-20)16-11-14-7-4-5-9-18(14)25-21(16)27-2/h4-5,7,9,11-12,17H,3,6,8,10,13,22H2,1-2H3,(H,23,24). The molecule has 148 valence electrons. The van der Waals surface area contributed by atoms with Gasteiger partial charge in [0.15, 0.2) is 0 Å². The van der Waals surface area contributed by atoms with E-state index in [4.69, 9.17) is 15.2 Å². The number of hydrogen-bond acceptors (Lipinski definition) is 6. The van der Waals surface area contributed by atoms with Crippen molar-refractivity contribution in [2.75, 3.05) is 20.3 Å². The zero-order valence-electron chi connectivity index (χ0n) is 16.3. The molecule has 7 nitrogen and oxygen atoms in total. The maximum atomic E-state index is 11.3. The topological polar surface area (TPSA) is 103 Å². The smallest absolute Gasteiger partial charge is 0.223 e. The highest BCUT2D eigenvalue weighted by atomic mass is 16.5. The van der Waals surface area contributed by atoms with Gasteiger partial charge in [0, 0.05) is 24.8 Å². The van der Waals surface area contributed by atoms with Crippen LogP contribution in [0.1, 0.15) is 38.1 Å². The maximum Gasteiger partial charge on any atom is 0.223 e. The third kappa shape index (κ3) is 4.74. The number of benzene rings is 1. The Morgan fingerprint density at radius 3 is 2.93 bits per heavy atom. The molecule has 0 radical (unpaired) electrons. The second-order valence-electron chi connectivity index (χ2n) is 6.60. The summed E-state index contributed by atoms with van der Waals surface area (Å²) < 4.78 is 11.0. The van der Waals surface area contributed by atoms with Gasteiger partial charge in [-0.15, -0.1) is 0 Å². The zero-order valence-corrected chi connectivity index (χ0v) is 16.3. The molecule has 0 fully saturated rings. The Morgan fingerprint density at radius 1 is 1.32 bits per heavy atom. The fraction of sp³-hybridized carbons (Fsp3) is 0.381. The Bertz CT molecular complexity index is 938. The maximum absolute atomic E-state index is 11.3. The second-order valence-corrected chi connectivity index (χ2v) is 6.60. The largest absolute Gasteiger partial charge is 0.480 e. The average Bonchev–Trinajstić information content (AvgIpc) is 3.22. The number of aromatic amines is 1. The van der Waals surface area contributed by atoms with Gasteiger partial charge < -0.3 is 20.2 Å². The first kappa shape index (κ1) is 20.0. The van der Waals surface area contributed by atoms with Gasteiger partial charge in [-0.2, -0.15) is 0 Å². The number of carbonyl (C=O) groups excluding carboxylic acids is 1. The summed E-state index contributed by atoms with van der Waals surface area (Å²) in [6, 6.07) is 9.51. The molecule has 0 aliphatic carbocycles. The van der Waals surface area contributed by atoms with Crippen LogP contribution in [-0.2, 0) is 9.53 Å². The molecule has 0 bridgehead atoms. The fourth-order valence-electron chi connectivity index (χ4n) is 2.95. The van der Waals surface area contributed by atoms with Gasteiger partial charge >= 0.3 is 0 Å². The number of para-hydroxylation sites is 1. The first-order valence-electron chi connectivity index (χ1n) is 9.46. The molecule has 3 rings (SSSR count). The van der Waals surface area contributed by atoms with E-state index in [2.05, 4.69) is 15.0 Å². The number of ketones is 1. The third-order valence-corrected chi connectivity index (χ3v) is 4.56. The van der Waals surface area contributed by atoms with Crippen LogP contribution < -0.4 is 10.5 Å². The van der Waals surface area contributed by atoms with Gasteiger partial charge in [-0.25, -0.2) is 9.97 Å². The van der Waals surface area contributed by atoms with Gasteiger partial charge in [-0.05, 0) is 18.6 Å². The van der Waals surface area contributed by atoms with Crippen LogP contribution in [0.5, 0.6) is 5.88 Å². The van der Waals surface area contributed by atoms with Crippen molar-refractivity contribution in [3.63, 3.8) is 0 Å². The van der Waals surface area contributed by atoms with E-state index >= 15 is 0 Å². The van der Waals surface area contributed by atoms with Gasteiger partial charge in [-0.1, -0.05) is 25.1 Å². The molecule has 0 saturated heterocycles. The molecular formula is C21H26N4O3. The summed E-state index contributed by atoms with van der Waals surface area (Å²) in [5.41, 5.74) is 8.66. The van der Waals surface area contributed by atoms with Gasteiger partial charge in [0.2, 0.25) is 5.88 Å². The minimum atomic E-state index is -0.380. The number of aromatic nitrogens is 3. The van der Waals surface area contributed by atoms with E-state index in [1.807, 2.05) is 37.3 Å². The number of nitrogens with two attached hydrogens (primary N) is 1. The number of imidazole rings is 1. The number of methoxy groups -OCH3 is 1. The Morgan fingerprint density at radius 2 is 2.14 bits per heavy atom. The van der Waals surface area contributed by atoms with Gasteiger partial charge in [0.05, 0.1) is 42.7 Å². The normalized spacial score (nSPS) is 12.2. The molecule has 0 amide bonds. The number of H-pyrrole nitrogens is 1. The van der Waals surface area contributed by atoms with E-state index < -0.39 is 0 Å². The molecule has 3 N–H and O–H groups in total. The summed E-state index contributed by atoms with van der Waals surface area (Å²) in [6.07, 6.45) is 3.55. The van der Waals surface area contributed by atoms with E-state index in [1.54, 1.807) is 13.3 Å². The lowest BCUT2D eigenvalue weighted by Gasteiger charge is -2.10. The van der Waals surface area contributed by atoms with Crippen molar-refractivity contribution in [2.24, 2.45) is 5.73 Å². The van der Waals surface area contributed by atoms with Gasteiger partial charge in [0.1, 0.15) is 11.6 Å². The van der Waals surface area contributed by atoms with E-state index in [1.165, 1.54) is 0 Å². The quantitative estimate of drug-likeness (QED) is 0.521. The lowest BCUT2D eigenvalue weighted by Crippen LogP contribution is -2.19. The number of pyridine rings is 1. The molecule has 1 atom stereocenters. The van der Waals surface area contributed by atoms with Crippen molar-refractivity contribution in [1.82, 2.24) is 15.0 Å². The summed E-state index contributed by atoms with van der Waals surface area (Å²) in [6.45, 7) is 2.71. The van der Waals surface area contributed by atoms with E-state index in [9.17, 15) is 4.79 Å². The van der Waals surface area contributed by atoms with Gasteiger partial charge in [0.25, 0.3) is 0 Å². The van der Waals surface area contributed by atoms with Crippen molar-refractivity contribution in [1.29, 1.82) is 0 Å². The number of ether oxygens (including phenoxy) is 2. The number of fused-ring (bicyclic) bond motifs is 1. The SMILES string of the molecule is CCC(=O)CCCOCC(N)c1ncc(-c2cc3ccccc3nc2OC)[nH]1. The van der Waals surface area contributed by atoms with Crippen molar-refractivity contribution >= 4 is 16.7 Å². The molecule has 0 spiro atoms. The minimum Gasteiger partial charge on any atom is -0.480 e. The highest BCUT2D eigenvalue weighted by Crippen LogP contribution is 2.30. The van der Waals surface area contributed by atoms with Crippen molar-refractivity contribution in [3.8, 4) is 17.1 Å². The summed E-state index contributed by atoms with van der Waals surface area (Å²) in [7, 11) is 1.60. The number of Topliss-reactive ketones (excluding diaryl/α,β-unsaturated/α-hetero) is 1. The van der Waals surface area contributed by atoms with Crippen molar-refractivity contribution in [3.05, 3.63) is 42.4 Å². The zero-order chi connectivity index (χ0) is 19.9. The number of hydrogen-bond donors (Lipinski definition) is 2. The molecule has 3 aromatic rings. The summed E-state index contributed by atoms with van der Waals surface area (Å²) in [5, 5.41) is 1.02. The van der Waals surface area contributed by atoms with Crippen LogP contribution in [0.15, 0.2) is 36.5 Å². The molecule has 0 aliphatic heterocycles. The number of carbonyl (C=O) groups is 1. The molecule has 1 aromatic carbocycles. The Labute approximate surface area is 164 Å². The highest BCUT2D eigenvalue weighted by molar-refractivity contribution is 5.85. The van der Waals surface area contributed by atoms with Gasteiger partial charge in [-0.3, -0.25) is 4.79 Å². The monoisotopic (exact) mass is 382 g/mol. The molecule has 2 heterocycles. The van der Waals surface area contributed by atoms with E-state index in [0.29, 0.717) is 44.2 Å². The van der Waals surface area contributed by atoms with Crippen LogP contribution in [0.3, 0.4) is 0 Å². The molecule has 0 aliphatic rings. The molecule has 0 saturated carbocycles. The highest BCUT2D eigenvalue weighted by Gasteiger charge is 2.15. The first-order valence-corrected chi connectivity index (χ1v) is 9.46. The summed E-state index contributed by atoms with van der Waals surface area (Å²) >= 11 is 0. The molecular weight excluding hydrogens is 356 g/mol. The van der Waals surface area contributed by atoms with E-state index in [0.717, 1.165) is 22.2 Å². The first-order chi connectivity index (χ1) is 13.6. The minimum absolute atomic E-state index is 0.251. The Balaban J connectivity index is 1.66. The van der Waals surface area contributed by atoms with Crippen LogP contribution in [0.25, 0.3) is 22.2 Å². The Hall–Kier alpha value is -2.77. The molecule has 1 unspecified atom stereocenters. The number of nitrogens with one attached hydrogen (secondary N) is 1. The summed E-state index contributed by atoms with van der Waals surface area (Å²) in [4.78, 5) is 23.5. The summed E-state index contributed by atoms with van der Waals surface area (Å²) in [5.74, 6) is 1.41. The van der Waals surface area contributed by atoms with E-state index in [-0.39, 0.29) is 11.8 Å². The van der Waals surface area contributed by atoms with Crippen molar-refractivity contribution in [2.45, 2.75) is 32.2 Å². The molecule has 7 heteroatoms. The third-order valence-electron chi connectivity index (χ3n) is 4.56. The lowest BCUT2D eigenvalue weighted by atomic mass is 10.1.